The first-order valence-electron chi connectivity index (χ1n) is 7.20. The molecule has 2 fully saturated rings. The Bertz CT molecular complexity index is 244. The molecule has 0 aromatic rings. The van der Waals surface area contributed by atoms with Crippen LogP contribution in [0.2, 0.25) is 0 Å². The van der Waals surface area contributed by atoms with Crippen molar-refractivity contribution in [3.05, 3.63) is 0 Å². The van der Waals surface area contributed by atoms with Crippen LogP contribution in [0.15, 0.2) is 0 Å². The van der Waals surface area contributed by atoms with Gasteiger partial charge in [-0.05, 0) is 12.8 Å². The summed E-state index contributed by atoms with van der Waals surface area (Å²) in [5, 5.41) is 8.33. The van der Waals surface area contributed by atoms with Gasteiger partial charge in [0.2, 0.25) is 5.91 Å². The van der Waals surface area contributed by atoms with E-state index in [0.29, 0.717) is 0 Å². The Balaban J connectivity index is 0.000000225. The average Bonchev–Trinajstić information content (AvgIpc) is 2.93. The number of rotatable bonds is 3. The summed E-state index contributed by atoms with van der Waals surface area (Å²) in [4.78, 5) is 23.1. The molecule has 0 atom stereocenters. The van der Waals surface area contributed by atoms with Crippen LogP contribution in [0.4, 0.5) is 0 Å². The van der Waals surface area contributed by atoms with E-state index in [-0.39, 0.29) is 18.7 Å². The molecule has 1 saturated heterocycles. The summed E-state index contributed by atoms with van der Waals surface area (Å²) < 4.78 is 0. The number of carboxylic acid groups (broad SMARTS) is 1. The molecule has 2 aliphatic rings. The van der Waals surface area contributed by atoms with Crippen LogP contribution in [0.3, 0.4) is 0 Å². The van der Waals surface area contributed by atoms with Gasteiger partial charge < -0.3 is 10.0 Å². The summed E-state index contributed by atoms with van der Waals surface area (Å²) in [6.07, 6.45) is 11.2. The summed E-state index contributed by atoms with van der Waals surface area (Å²) in [6.45, 7) is 1.61. The monoisotopic (exact) mass is 255 g/mol. The molecule has 0 radical (unpaired) electrons. The smallest absolute Gasteiger partial charge is 0.303 e. The molecule has 1 saturated carbocycles. The maximum atomic E-state index is 11.2. The summed E-state index contributed by atoms with van der Waals surface area (Å²) in [6, 6.07) is 0. The highest BCUT2D eigenvalue weighted by Crippen LogP contribution is 2.15. The highest BCUT2D eigenvalue weighted by atomic mass is 16.4. The summed E-state index contributed by atoms with van der Waals surface area (Å²) in [5.74, 6) is -0.919. The predicted molar refractivity (Wildman–Crippen MR) is 70.4 cm³/mol. The van der Waals surface area contributed by atoms with Crippen molar-refractivity contribution in [2.75, 3.05) is 13.1 Å². The number of hydrogen-bond donors (Lipinski definition) is 1. The van der Waals surface area contributed by atoms with Crippen LogP contribution in [-0.2, 0) is 9.59 Å². The molecule has 0 aromatic heterocycles. The number of hydrogen-bond acceptors (Lipinski definition) is 2. The quantitative estimate of drug-likeness (QED) is 0.843. The van der Waals surface area contributed by atoms with Crippen molar-refractivity contribution in [1.82, 2.24) is 4.90 Å². The van der Waals surface area contributed by atoms with E-state index in [1.807, 2.05) is 0 Å². The predicted octanol–water partition coefficient (Wildman–Crippen LogP) is 2.81. The topological polar surface area (TPSA) is 57.6 Å². The van der Waals surface area contributed by atoms with E-state index in [9.17, 15) is 9.59 Å². The minimum Gasteiger partial charge on any atom is -0.481 e. The number of aliphatic carboxylic acids is 1. The van der Waals surface area contributed by atoms with Gasteiger partial charge in [-0.15, -0.1) is 0 Å². The molecular formula is C14H25NO3. The molecule has 4 heteroatoms. The van der Waals surface area contributed by atoms with Crippen molar-refractivity contribution in [1.29, 1.82) is 0 Å². The van der Waals surface area contributed by atoms with Gasteiger partial charge in [0.1, 0.15) is 0 Å². The van der Waals surface area contributed by atoms with Crippen LogP contribution in [0.25, 0.3) is 0 Å². The van der Waals surface area contributed by atoms with Gasteiger partial charge in [-0.25, -0.2) is 0 Å². The maximum absolute atomic E-state index is 11.2. The molecule has 18 heavy (non-hydrogen) atoms. The number of carboxylic acids is 1. The molecule has 2 rings (SSSR count). The number of nitrogens with zero attached hydrogens (tertiary/aromatic N) is 1. The minimum absolute atomic E-state index is 0.0186. The van der Waals surface area contributed by atoms with E-state index < -0.39 is 5.97 Å². The van der Waals surface area contributed by atoms with Crippen LogP contribution in [0.5, 0.6) is 0 Å². The average molecular weight is 255 g/mol. The molecule has 4 nitrogen and oxygen atoms in total. The molecule has 1 amide bonds. The first-order chi connectivity index (χ1) is 8.70. The fraction of sp³-hybridized carbons (Fsp3) is 0.857. The molecular weight excluding hydrogens is 230 g/mol. The summed E-state index contributed by atoms with van der Waals surface area (Å²) in [5.41, 5.74) is 0. The second-order valence-corrected chi connectivity index (χ2v) is 5.10. The Labute approximate surface area is 109 Å². The lowest BCUT2D eigenvalue weighted by Gasteiger charge is -2.13. The van der Waals surface area contributed by atoms with Gasteiger partial charge in [0.25, 0.3) is 0 Å². The fourth-order valence-corrected chi connectivity index (χ4v) is 2.40. The number of carbonyl (C=O) groups is 2. The summed E-state index contributed by atoms with van der Waals surface area (Å²) in [7, 11) is 0. The van der Waals surface area contributed by atoms with E-state index in [1.54, 1.807) is 4.90 Å². The highest BCUT2D eigenvalue weighted by Gasteiger charge is 2.17. The fourth-order valence-electron chi connectivity index (χ4n) is 2.40. The zero-order valence-corrected chi connectivity index (χ0v) is 11.2. The number of carbonyl (C=O) groups excluding carboxylic acids is 1. The lowest BCUT2D eigenvalue weighted by molar-refractivity contribution is -0.140. The van der Waals surface area contributed by atoms with Gasteiger partial charge >= 0.3 is 5.97 Å². The molecule has 104 valence electrons. The van der Waals surface area contributed by atoms with Crippen LogP contribution in [-0.4, -0.2) is 35.0 Å². The van der Waals surface area contributed by atoms with Crippen LogP contribution >= 0.6 is 0 Å². The van der Waals surface area contributed by atoms with Gasteiger partial charge in [0, 0.05) is 19.5 Å². The molecule has 0 bridgehead atoms. The standard InChI is InChI=1S/C8H13NO3.C6H12/c10-7(3-4-8(11)12)9-5-1-2-6-9;1-2-4-6-5-3-1/h1-6H2,(H,11,12);1-6H2. The molecule has 1 N–H and O–H groups in total. The third-order valence-corrected chi connectivity index (χ3v) is 3.51. The Morgan fingerprint density at radius 3 is 1.61 bits per heavy atom. The van der Waals surface area contributed by atoms with Crippen molar-refractivity contribution >= 4 is 11.9 Å². The van der Waals surface area contributed by atoms with Gasteiger partial charge in [-0.2, -0.15) is 0 Å². The van der Waals surface area contributed by atoms with Crippen molar-refractivity contribution in [2.45, 2.75) is 64.2 Å². The lowest BCUT2D eigenvalue weighted by Crippen LogP contribution is -2.27. The van der Waals surface area contributed by atoms with Crippen LogP contribution in [0.1, 0.15) is 64.2 Å². The Hall–Kier alpha value is -1.06. The van der Waals surface area contributed by atoms with E-state index >= 15 is 0 Å². The number of amides is 1. The van der Waals surface area contributed by atoms with E-state index in [0.717, 1.165) is 25.9 Å². The third kappa shape index (κ3) is 6.62. The zero-order chi connectivity index (χ0) is 13.2. The third-order valence-electron chi connectivity index (χ3n) is 3.51. The van der Waals surface area contributed by atoms with Crippen molar-refractivity contribution in [2.24, 2.45) is 0 Å². The minimum atomic E-state index is -0.900. The second-order valence-electron chi connectivity index (χ2n) is 5.10. The van der Waals surface area contributed by atoms with Gasteiger partial charge in [-0.1, -0.05) is 38.5 Å². The molecule has 0 spiro atoms. The molecule has 1 heterocycles. The molecule has 0 unspecified atom stereocenters. The Kier molecular flexibility index (Phi) is 7.46. The highest BCUT2D eigenvalue weighted by molar-refractivity contribution is 5.80. The van der Waals surface area contributed by atoms with Gasteiger partial charge in [0.15, 0.2) is 0 Å². The van der Waals surface area contributed by atoms with E-state index in [4.69, 9.17) is 5.11 Å². The van der Waals surface area contributed by atoms with Gasteiger partial charge in [0.05, 0.1) is 6.42 Å². The maximum Gasteiger partial charge on any atom is 0.303 e. The Morgan fingerprint density at radius 1 is 0.778 bits per heavy atom. The van der Waals surface area contributed by atoms with E-state index in [1.165, 1.54) is 38.5 Å². The zero-order valence-electron chi connectivity index (χ0n) is 11.2. The first-order valence-corrected chi connectivity index (χ1v) is 7.20. The normalized spacial score (nSPS) is 19.0. The largest absolute Gasteiger partial charge is 0.481 e. The van der Waals surface area contributed by atoms with Crippen molar-refractivity contribution < 1.29 is 14.7 Å². The van der Waals surface area contributed by atoms with Crippen LogP contribution < -0.4 is 0 Å². The Morgan fingerprint density at radius 2 is 1.22 bits per heavy atom. The first kappa shape index (κ1) is 15.0. The lowest BCUT2D eigenvalue weighted by atomic mass is 10.0. The van der Waals surface area contributed by atoms with E-state index in [2.05, 4.69) is 0 Å². The van der Waals surface area contributed by atoms with Crippen LogP contribution in [0, 0.1) is 0 Å². The molecule has 1 aliphatic carbocycles. The molecule has 0 aromatic carbocycles. The number of likely N-dealkylation sites (tertiary alicyclic amines) is 1. The summed E-state index contributed by atoms with van der Waals surface area (Å²) >= 11 is 0. The molecule has 1 aliphatic heterocycles. The second kappa shape index (κ2) is 8.95. The van der Waals surface area contributed by atoms with Gasteiger partial charge in [-0.3, -0.25) is 9.59 Å². The van der Waals surface area contributed by atoms with Crippen molar-refractivity contribution in [3.8, 4) is 0 Å². The van der Waals surface area contributed by atoms with Crippen molar-refractivity contribution in [3.63, 3.8) is 0 Å². The SMILES string of the molecule is C1CCCCC1.O=C(O)CCC(=O)N1CCCC1.